The third-order valence-corrected chi connectivity index (χ3v) is 2.74. The van der Waals surface area contributed by atoms with Gasteiger partial charge in [-0.05, 0) is 24.8 Å². The molecule has 16 heavy (non-hydrogen) atoms. The molecule has 88 valence electrons. The van der Waals surface area contributed by atoms with E-state index in [1.165, 1.54) is 19.3 Å². The van der Waals surface area contributed by atoms with Crippen LogP contribution in [0.2, 0.25) is 0 Å². The normalized spacial score (nSPS) is 14.8. The molecule has 1 aromatic rings. The van der Waals surface area contributed by atoms with Crippen molar-refractivity contribution in [1.29, 1.82) is 0 Å². The van der Waals surface area contributed by atoms with E-state index in [2.05, 4.69) is 27.5 Å². The highest BCUT2D eigenvalue weighted by atomic mass is 15.1. The van der Waals surface area contributed by atoms with Crippen molar-refractivity contribution in [3.63, 3.8) is 0 Å². The summed E-state index contributed by atoms with van der Waals surface area (Å²) in [6.45, 7) is 4.07. The van der Waals surface area contributed by atoms with Gasteiger partial charge in [-0.25, -0.2) is 4.98 Å². The van der Waals surface area contributed by atoms with Crippen LogP contribution in [0.3, 0.4) is 0 Å². The Kier molecular flexibility index (Phi) is 3.97. The second kappa shape index (κ2) is 5.68. The van der Waals surface area contributed by atoms with Crippen molar-refractivity contribution < 1.29 is 0 Å². The van der Waals surface area contributed by atoms with E-state index in [9.17, 15) is 0 Å². The van der Waals surface area contributed by atoms with Gasteiger partial charge in [0, 0.05) is 19.3 Å². The summed E-state index contributed by atoms with van der Waals surface area (Å²) >= 11 is 0. The van der Waals surface area contributed by atoms with Gasteiger partial charge in [-0.1, -0.05) is 19.8 Å². The summed E-state index contributed by atoms with van der Waals surface area (Å²) in [7, 11) is 0. The van der Waals surface area contributed by atoms with Crippen molar-refractivity contribution in [1.82, 2.24) is 9.97 Å². The minimum absolute atomic E-state index is 0.721. The third kappa shape index (κ3) is 3.68. The number of nitrogens with zero attached hydrogens (tertiary/aromatic N) is 2. The van der Waals surface area contributed by atoms with E-state index in [-0.39, 0.29) is 0 Å². The van der Waals surface area contributed by atoms with Crippen LogP contribution in [0.25, 0.3) is 0 Å². The fourth-order valence-electron chi connectivity index (χ4n) is 1.59. The molecule has 4 heteroatoms. The molecular formula is C12H20N4. The highest BCUT2D eigenvalue weighted by molar-refractivity contribution is 5.39. The molecular weight excluding hydrogens is 200 g/mol. The summed E-state index contributed by atoms with van der Waals surface area (Å²) in [4.78, 5) is 8.56. The second-order valence-corrected chi connectivity index (χ2v) is 4.35. The van der Waals surface area contributed by atoms with E-state index < -0.39 is 0 Å². The van der Waals surface area contributed by atoms with E-state index in [1.54, 1.807) is 6.20 Å². The number of hydrogen-bond donors (Lipinski definition) is 2. The minimum atomic E-state index is 0.721. The van der Waals surface area contributed by atoms with Gasteiger partial charge in [-0.3, -0.25) is 0 Å². The Morgan fingerprint density at radius 2 is 2.19 bits per heavy atom. The molecule has 4 nitrogen and oxygen atoms in total. The Hall–Kier alpha value is -1.32. The fraction of sp³-hybridized carbons (Fsp3) is 0.667. The van der Waals surface area contributed by atoms with Gasteiger partial charge in [-0.15, -0.1) is 0 Å². The zero-order chi connectivity index (χ0) is 11.2. The standard InChI is InChI=1S/C12H20N4/c1-2-7-14-12-15-9-6-11(16-12)13-8-5-10-3-4-10/h6,9-10H,2-5,7-8H2,1H3,(H2,13,14,15,16). The summed E-state index contributed by atoms with van der Waals surface area (Å²) in [5.41, 5.74) is 0. The number of rotatable bonds is 7. The number of nitrogens with one attached hydrogen (secondary N) is 2. The largest absolute Gasteiger partial charge is 0.370 e. The van der Waals surface area contributed by atoms with Gasteiger partial charge >= 0.3 is 0 Å². The predicted octanol–water partition coefficient (Wildman–Crippen LogP) is 2.51. The molecule has 1 saturated carbocycles. The first-order chi connectivity index (χ1) is 7.88. The molecule has 0 aliphatic heterocycles. The molecule has 1 fully saturated rings. The number of anilines is 2. The highest BCUT2D eigenvalue weighted by Crippen LogP contribution is 2.31. The third-order valence-electron chi connectivity index (χ3n) is 2.74. The van der Waals surface area contributed by atoms with Crippen molar-refractivity contribution in [2.75, 3.05) is 23.7 Å². The lowest BCUT2D eigenvalue weighted by Gasteiger charge is -2.07. The quantitative estimate of drug-likeness (QED) is 0.741. The summed E-state index contributed by atoms with van der Waals surface area (Å²) < 4.78 is 0. The van der Waals surface area contributed by atoms with Crippen LogP contribution in [0.5, 0.6) is 0 Å². The molecule has 0 amide bonds. The maximum atomic E-state index is 4.39. The van der Waals surface area contributed by atoms with Crippen LogP contribution in [-0.4, -0.2) is 23.1 Å². The molecule has 2 rings (SSSR count). The molecule has 0 unspecified atom stereocenters. The van der Waals surface area contributed by atoms with Crippen LogP contribution in [-0.2, 0) is 0 Å². The molecule has 1 aliphatic rings. The Morgan fingerprint density at radius 3 is 2.94 bits per heavy atom. The fourth-order valence-corrected chi connectivity index (χ4v) is 1.59. The van der Waals surface area contributed by atoms with Crippen LogP contribution < -0.4 is 10.6 Å². The molecule has 0 saturated heterocycles. The van der Waals surface area contributed by atoms with E-state index in [1.807, 2.05) is 6.07 Å². The molecule has 0 aromatic carbocycles. The first-order valence-electron chi connectivity index (χ1n) is 6.19. The average Bonchev–Trinajstić information content (AvgIpc) is 3.11. The maximum absolute atomic E-state index is 4.39. The number of aromatic nitrogens is 2. The van der Waals surface area contributed by atoms with Crippen molar-refractivity contribution in [2.24, 2.45) is 5.92 Å². The first-order valence-corrected chi connectivity index (χ1v) is 6.19. The second-order valence-electron chi connectivity index (χ2n) is 4.35. The SMILES string of the molecule is CCCNc1nccc(NCCC2CC2)n1. The van der Waals surface area contributed by atoms with E-state index >= 15 is 0 Å². The van der Waals surface area contributed by atoms with Crippen molar-refractivity contribution in [2.45, 2.75) is 32.6 Å². The predicted molar refractivity (Wildman–Crippen MR) is 66.6 cm³/mol. The smallest absolute Gasteiger partial charge is 0.224 e. The highest BCUT2D eigenvalue weighted by Gasteiger charge is 2.20. The molecule has 0 atom stereocenters. The number of hydrogen-bond acceptors (Lipinski definition) is 4. The van der Waals surface area contributed by atoms with Crippen molar-refractivity contribution >= 4 is 11.8 Å². The monoisotopic (exact) mass is 220 g/mol. The average molecular weight is 220 g/mol. The van der Waals surface area contributed by atoms with Gasteiger partial charge in [0.05, 0.1) is 0 Å². The lowest BCUT2D eigenvalue weighted by Crippen LogP contribution is -2.08. The molecule has 1 heterocycles. The van der Waals surface area contributed by atoms with Gasteiger partial charge < -0.3 is 10.6 Å². The zero-order valence-electron chi connectivity index (χ0n) is 9.87. The molecule has 1 aromatic heterocycles. The summed E-state index contributed by atoms with van der Waals surface area (Å²) in [6.07, 6.45) is 6.97. The van der Waals surface area contributed by atoms with Crippen molar-refractivity contribution in [3.8, 4) is 0 Å². The molecule has 0 bridgehead atoms. The van der Waals surface area contributed by atoms with Crippen LogP contribution >= 0.6 is 0 Å². The van der Waals surface area contributed by atoms with Crippen LogP contribution in [0.15, 0.2) is 12.3 Å². The van der Waals surface area contributed by atoms with Crippen LogP contribution in [0.4, 0.5) is 11.8 Å². The minimum Gasteiger partial charge on any atom is -0.370 e. The van der Waals surface area contributed by atoms with Gasteiger partial charge in [-0.2, -0.15) is 4.98 Å². The molecule has 2 N–H and O–H groups in total. The summed E-state index contributed by atoms with van der Waals surface area (Å²) in [5.74, 6) is 2.61. The first kappa shape index (κ1) is 11.2. The molecule has 1 aliphatic carbocycles. The lowest BCUT2D eigenvalue weighted by atomic mass is 10.3. The Morgan fingerprint density at radius 1 is 1.31 bits per heavy atom. The van der Waals surface area contributed by atoms with Gasteiger partial charge in [0.25, 0.3) is 0 Å². The molecule has 0 radical (unpaired) electrons. The zero-order valence-corrected chi connectivity index (χ0v) is 9.87. The Balaban J connectivity index is 1.77. The van der Waals surface area contributed by atoms with Gasteiger partial charge in [0.2, 0.25) is 5.95 Å². The van der Waals surface area contributed by atoms with E-state index in [0.717, 1.165) is 37.2 Å². The Bertz CT molecular complexity index is 323. The van der Waals surface area contributed by atoms with Gasteiger partial charge in [0.15, 0.2) is 0 Å². The Labute approximate surface area is 96.9 Å². The van der Waals surface area contributed by atoms with E-state index in [0.29, 0.717) is 0 Å². The van der Waals surface area contributed by atoms with Crippen LogP contribution in [0.1, 0.15) is 32.6 Å². The lowest BCUT2D eigenvalue weighted by molar-refractivity contribution is 0.758. The maximum Gasteiger partial charge on any atom is 0.224 e. The topological polar surface area (TPSA) is 49.8 Å². The molecule has 0 spiro atoms. The summed E-state index contributed by atoms with van der Waals surface area (Å²) in [6, 6.07) is 1.92. The van der Waals surface area contributed by atoms with Gasteiger partial charge in [0.1, 0.15) is 5.82 Å². The summed E-state index contributed by atoms with van der Waals surface area (Å²) in [5, 5.41) is 6.53. The van der Waals surface area contributed by atoms with Crippen molar-refractivity contribution in [3.05, 3.63) is 12.3 Å². The van der Waals surface area contributed by atoms with Crippen LogP contribution in [0, 0.1) is 5.92 Å². The van der Waals surface area contributed by atoms with E-state index in [4.69, 9.17) is 0 Å².